The first-order chi connectivity index (χ1) is 5.29. The monoisotopic (exact) mass is 323 g/mol. The molecule has 0 spiro atoms. The molecule has 2 aromatic heterocycles. The number of pyridine rings is 1. The van der Waals surface area contributed by atoms with Gasteiger partial charge in [-0.2, -0.15) is 5.10 Å². The summed E-state index contributed by atoms with van der Waals surface area (Å²) in [5.41, 5.74) is 0.892. The van der Waals surface area contributed by atoms with Crippen molar-refractivity contribution in [3.8, 4) is 0 Å². The standard InChI is InChI=1S/C6H3BrIN3/c7-3-1-9-2-4-5(3)6(8)11-10-4/h1-2H,(H,10,11). The second kappa shape index (κ2) is 2.71. The van der Waals surface area contributed by atoms with E-state index in [2.05, 4.69) is 53.7 Å². The van der Waals surface area contributed by atoms with Crippen LogP contribution in [0.5, 0.6) is 0 Å². The van der Waals surface area contributed by atoms with Gasteiger partial charge in [0.2, 0.25) is 0 Å². The molecule has 0 fully saturated rings. The van der Waals surface area contributed by atoms with Gasteiger partial charge in [-0.1, -0.05) is 0 Å². The highest BCUT2D eigenvalue weighted by Crippen LogP contribution is 2.24. The second-order valence-electron chi connectivity index (χ2n) is 2.05. The van der Waals surface area contributed by atoms with Gasteiger partial charge in [-0.3, -0.25) is 10.1 Å². The maximum Gasteiger partial charge on any atom is 0.113 e. The Bertz CT molecular complexity index is 398. The molecule has 3 nitrogen and oxygen atoms in total. The van der Waals surface area contributed by atoms with Gasteiger partial charge in [0.05, 0.1) is 11.6 Å². The van der Waals surface area contributed by atoms with E-state index in [0.717, 1.165) is 19.1 Å². The number of hydrogen-bond donors (Lipinski definition) is 1. The van der Waals surface area contributed by atoms with Gasteiger partial charge in [0.1, 0.15) is 9.22 Å². The Labute approximate surface area is 84.9 Å². The first-order valence-corrected chi connectivity index (χ1v) is 4.79. The lowest BCUT2D eigenvalue weighted by molar-refractivity contribution is 1.09. The Morgan fingerprint density at radius 3 is 3.00 bits per heavy atom. The maximum absolute atomic E-state index is 4.05. The highest BCUT2D eigenvalue weighted by Gasteiger charge is 2.05. The summed E-state index contributed by atoms with van der Waals surface area (Å²) in [6.07, 6.45) is 3.50. The van der Waals surface area contributed by atoms with Crippen LogP contribution in [0.4, 0.5) is 0 Å². The number of nitrogens with zero attached hydrogens (tertiary/aromatic N) is 2. The fourth-order valence-electron chi connectivity index (χ4n) is 0.892. The van der Waals surface area contributed by atoms with E-state index >= 15 is 0 Å². The number of H-pyrrole nitrogens is 1. The lowest BCUT2D eigenvalue weighted by Gasteiger charge is -1.90. The first kappa shape index (κ1) is 7.48. The van der Waals surface area contributed by atoms with Crippen molar-refractivity contribution >= 4 is 49.4 Å². The molecule has 0 bridgehead atoms. The normalized spacial score (nSPS) is 10.7. The molecule has 0 amide bonds. The second-order valence-corrected chi connectivity index (χ2v) is 3.99. The Kier molecular flexibility index (Phi) is 1.84. The lowest BCUT2D eigenvalue weighted by Crippen LogP contribution is -1.74. The number of nitrogens with one attached hydrogen (secondary N) is 1. The van der Waals surface area contributed by atoms with Crippen LogP contribution in [0, 0.1) is 3.70 Å². The molecule has 2 rings (SSSR count). The average molecular weight is 324 g/mol. The number of aromatic nitrogens is 3. The topological polar surface area (TPSA) is 41.6 Å². The number of fused-ring (bicyclic) bond motifs is 1. The lowest BCUT2D eigenvalue weighted by atomic mass is 10.3. The van der Waals surface area contributed by atoms with Crippen LogP contribution in [-0.4, -0.2) is 15.2 Å². The van der Waals surface area contributed by atoms with Gasteiger partial charge in [-0.25, -0.2) is 0 Å². The minimum absolute atomic E-state index is 0.892. The predicted octanol–water partition coefficient (Wildman–Crippen LogP) is 2.32. The van der Waals surface area contributed by atoms with Crippen LogP contribution in [0.15, 0.2) is 16.9 Å². The number of rotatable bonds is 0. The van der Waals surface area contributed by atoms with Gasteiger partial charge >= 0.3 is 0 Å². The van der Waals surface area contributed by atoms with Crippen molar-refractivity contribution in [1.29, 1.82) is 0 Å². The Balaban J connectivity index is 2.96. The highest BCUT2D eigenvalue weighted by atomic mass is 127. The van der Waals surface area contributed by atoms with Crippen LogP contribution in [0.25, 0.3) is 10.9 Å². The molecule has 0 saturated carbocycles. The smallest absolute Gasteiger partial charge is 0.113 e. The van der Waals surface area contributed by atoms with Gasteiger partial charge in [-0.05, 0) is 38.5 Å². The zero-order chi connectivity index (χ0) is 7.84. The van der Waals surface area contributed by atoms with Gasteiger partial charge < -0.3 is 0 Å². The first-order valence-electron chi connectivity index (χ1n) is 2.92. The Hall–Kier alpha value is -0.170. The summed E-state index contributed by atoms with van der Waals surface area (Å²) in [5.74, 6) is 0. The quantitative estimate of drug-likeness (QED) is 0.756. The van der Waals surface area contributed by atoms with Crippen LogP contribution in [0.2, 0.25) is 0 Å². The van der Waals surface area contributed by atoms with Crippen molar-refractivity contribution in [1.82, 2.24) is 15.2 Å². The van der Waals surface area contributed by atoms with Crippen molar-refractivity contribution in [3.05, 3.63) is 20.6 Å². The van der Waals surface area contributed by atoms with E-state index in [-0.39, 0.29) is 0 Å². The van der Waals surface area contributed by atoms with Crippen LogP contribution in [0.3, 0.4) is 0 Å². The molecule has 5 heteroatoms. The summed E-state index contributed by atoms with van der Waals surface area (Å²) in [4.78, 5) is 3.99. The van der Waals surface area contributed by atoms with Crippen molar-refractivity contribution in [2.45, 2.75) is 0 Å². The molecular formula is C6H3BrIN3. The summed E-state index contributed by atoms with van der Waals surface area (Å²) in [5, 5.41) is 8.04. The third-order valence-corrected chi connectivity index (χ3v) is 2.76. The van der Waals surface area contributed by atoms with Gasteiger partial charge in [-0.15, -0.1) is 0 Å². The molecular weight excluding hydrogens is 321 g/mol. The van der Waals surface area contributed by atoms with E-state index in [9.17, 15) is 0 Å². The molecule has 1 N–H and O–H groups in total. The third-order valence-electron chi connectivity index (χ3n) is 1.37. The average Bonchev–Trinajstić information content (AvgIpc) is 2.34. The summed E-state index contributed by atoms with van der Waals surface area (Å²) in [6, 6.07) is 0. The van der Waals surface area contributed by atoms with Crippen LogP contribution in [-0.2, 0) is 0 Å². The molecule has 0 atom stereocenters. The van der Waals surface area contributed by atoms with E-state index in [4.69, 9.17) is 0 Å². The van der Waals surface area contributed by atoms with E-state index in [1.54, 1.807) is 12.4 Å². The zero-order valence-corrected chi connectivity index (χ0v) is 9.05. The molecule has 0 saturated heterocycles. The van der Waals surface area contributed by atoms with Crippen molar-refractivity contribution < 1.29 is 0 Å². The molecule has 0 aliphatic heterocycles. The van der Waals surface area contributed by atoms with Crippen molar-refractivity contribution in [2.75, 3.05) is 0 Å². The number of halogens is 2. The molecule has 11 heavy (non-hydrogen) atoms. The van der Waals surface area contributed by atoms with Crippen LogP contribution >= 0.6 is 38.5 Å². The van der Waals surface area contributed by atoms with E-state index in [1.165, 1.54) is 0 Å². The Morgan fingerprint density at radius 2 is 2.27 bits per heavy atom. The Morgan fingerprint density at radius 1 is 1.45 bits per heavy atom. The molecule has 0 aromatic carbocycles. The minimum Gasteiger partial charge on any atom is -0.271 e. The molecule has 0 radical (unpaired) electrons. The van der Waals surface area contributed by atoms with Crippen LogP contribution < -0.4 is 0 Å². The fourth-order valence-corrected chi connectivity index (χ4v) is 2.47. The summed E-state index contributed by atoms with van der Waals surface area (Å²) in [7, 11) is 0. The zero-order valence-electron chi connectivity index (χ0n) is 5.31. The molecule has 0 aliphatic rings. The summed E-state index contributed by atoms with van der Waals surface area (Å²) in [6.45, 7) is 0. The number of aromatic amines is 1. The largest absolute Gasteiger partial charge is 0.271 e. The highest BCUT2D eigenvalue weighted by molar-refractivity contribution is 14.1. The van der Waals surface area contributed by atoms with Gasteiger partial charge in [0.15, 0.2) is 0 Å². The molecule has 2 aromatic rings. The minimum atomic E-state index is 0.892. The van der Waals surface area contributed by atoms with E-state index < -0.39 is 0 Å². The number of hydrogen-bond acceptors (Lipinski definition) is 2. The van der Waals surface area contributed by atoms with Crippen molar-refractivity contribution in [3.63, 3.8) is 0 Å². The predicted molar refractivity (Wildman–Crippen MR) is 54.3 cm³/mol. The molecule has 0 aliphatic carbocycles. The third kappa shape index (κ3) is 1.16. The maximum atomic E-state index is 4.05. The fraction of sp³-hybridized carbons (Fsp3) is 0. The summed E-state index contributed by atoms with van der Waals surface area (Å²) < 4.78 is 2.01. The van der Waals surface area contributed by atoms with E-state index in [1.807, 2.05) is 0 Å². The van der Waals surface area contributed by atoms with E-state index in [0.29, 0.717) is 0 Å². The SMILES string of the molecule is Brc1cncc2n[nH]c(I)c12. The summed E-state index contributed by atoms with van der Waals surface area (Å²) >= 11 is 5.60. The van der Waals surface area contributed by atoms with Crippen molar-refractivity contribution in [2.24, 2.45) is 0 Å². The van der Waals surface area contributed by atoms with Gasteiger partial charge in [0.25, 0.3) is 0 Å². The van der Waals surface area contributed by atoms with Gasteiger partial charge in [0, 0.05) is 10.7 Å². The molecule has 2 heterocycles. The molecule has 56 valence electrons. The molecule has 0 unspecified atom stereocenters. The van der Waals surface area contributed by atoms with Crippen LogP contribution in [0.1, 0.15) is 0 Å².